The van der Waals surface area contributed by atoms with Crippen molar-refractivity contribution in [2.45, 2.75) is 29.5 Å². The fraction of sp³-hybridized carbons (Fsp3) is 0.231. The molecule has 0 unspecified atom stereocenters. The number of fused-ring (bicyclic) bond motifs is 3. The summed E-state index contributed by atoms with van der Waals surface area (Å²) in [6, 6.07) is 16.4. The quantitative estimate of drug-likeness (QED) is 0.401. The molecule has 2 aliphatic rings. The van der Waals surface area contributed by atoms with E-state index in [-0.39, 0.29) is 22.3 Å². The van der Waals surface area contributed by atoms with Crippen molar-refractivity contribution in [2.75, 3.05) is 17.1 Å². The number of benzene rings is 3. The number of hydrogen-bond donors (Lipinski definition) is 2. The largest absolute Gasteiger partial charge is 0.495 e. The Hall–Kier alpha value is -3.46. The van der Waals surface area contributed by atoms with Crippen molar-refractivity contribution < 1.29 is 26.3 Å². The Balaban J connectivity index is 1.52. The molecular weight excluding hydrogens is 477 g/mol. The fourth-order valence-electron chi connectivity index (χ4n) is 5.01. The molecule has 35 heavy (non-hydrogen) atoms. The number of anilines is 2. The molecule has 1 heterocycles. The number of halogens is 3. The maximum atomic E-state index is 13.7. The van der Waals surface area contributed by atoms with Crippen LogP contribution in [0.25, 0.3) is 0 Å². The summed E-state index contributed by atoms with van der Waals surface area (Å²) in [6.07, 6.45) is 0.0216. The molecule has 1 aliphatic heterocycles. The second-order valence-corrected chi connectivity index (χ2v) is 10.3. The van der Waals surface area contributed by atoms with Crippen LogP contribution in [0.2, 0.25) is 0 Å². The number of ether oxygens (including phenoxy) is 1. The van der Waals surface area contributed by atoms with Gasteiger partial charge in [0.05, 0.1) is 29.3 Å². The van der Waals surface area contributed by atoms with E-state index in [1.165, 1.54) is 25.3 Å². The van der Waals surface area contributed by atoms with Gasteiger partial charge in [-0.25, -0.2) is 8.42 Å². The molecular formula is C26H23F3N2O3S. The number of hydrogen-bond acceptors (Lipinski definition) is 4. The molecule has 5 rings (SSSR count). The molecule has 0 saturated heterocycles. The zero-order valence-corrected chi connectivity index (χ0v) is 19.5. The van der Waals surface area contributed by atoms with Crippen molar-refractivity contribution in [3.05, 3.63) is 95.6 Å². The minimum atomic E-state index is -4.47. The SMILES string of the molecule is COc1ccccc1NS(=O)(=O)c1ccc2c(c1)[C@H]1C=CC[C@H]1[C@@H](c1ccccc1C(F)(F)F)N2. The molecule has 0 spiro atoms. The van der Waals surface area contributed by atoms with Crippen LogP contribution in [0.1, 0.15) is 35.1 Å². The first kappa shape index (κ1) is 23.3. The topological polar surface area (TPSA) is 67.4 Å². The molecule has 0 amide bonds. The van der Waals surface area contributed by atoms with E-state index in [1.807, 2.05) is 12.2 Å². The Morgan fingerprint density at radius 2 is 1.74 bits per heavy atom. The van der Waals surface area contributed by atoms with Crippen LogP contribution < -0.4 is 14.8 Å². The van der Waals surface area contributed by atoms with Crippen LogP contribution in [0.3, 0.4) is 0 Å². The number of sulfonamides is 1. The number of nitrogens with one attached hydrogen (secondary N) is 2. The minimum absolute atomic E-state index is 0.0668. The Morgan fingerprint density at radius 3 is 2.51 bits per heavy atom. The highest BCUT2D eigenvalue weighted by Gasteiger charge is 2.42. The van der Waals surface area contributed by atoms with Gasteiger partial charge in [0.1, 0.15) is 5.75 Å². The second kappa shape index (κ2) is 8.64. The van der Waals surface area contributed by atoms with Gasteiger partial charge in [0.25, 0.3) is 10.0 Å². The van der Waals surface area contributed by atoms with Crippen LogP contribution >= 0.6 is 0 Å². The highest BCUT2D eigenvalue weighted by atomic mass is 32.2. The Labute approximate surface area is 201 Å². The molecule has 3 aromatic carbocycles. The first-order valence-electron chi connectivity index (χ1n) is 11.1. The molecule has 0 radical (unpaired) electrons. The standard InChI is InChI=1S/C26H23F3N2O3S/c1-34-24-12-5-4-11-23(24)31-35(32,33)16-13-14-22-20(15-16)17-8-6-9-18(17)25(30-22)19-7-2-3-10-21(19)26(27,28)29/h2-8,10-15,17-18,25,30-31H,9H2,1H3/t17-,18+,25-/m0/s1. The molecule has 0 saturated carbocycles. The number of allylic oxidation sites excluding steroid dienone is 2. The van der Waals surface area contributed by atoms with Gasteiger partial charge < -0.3 is 10.1 Å². The Kier molecular flexibility index (Phi) is 5.75. The predicted molar refractivity (Wildman–Crippen MR) is 128 cm³/mol. The summed E-state index contributed by atoms with van der Waals surface area (Å²) in [6.45, 7) is 0. The van der Waals surface area contributed by atoms with E-state index in [2.05, 4.69) is 10.0 Å². The summed E-state index contributed by atoms with van der Waals surface area (Å²) >= 11 is 0. The molecule has 182 valence electrons. The average molecular weight is 501 g/mol. The number of rotatable bonds is 5. The van der Waals surface area contributed by atoms with Crippen LogP contribution in [0.5, 0.6) is 5.75 Å². The third-order valence-corrected chi connectivity index (χ3v) is 7.96. The Morgan fingerprint density at radius 1 is 1.00 bits per heavy atom. The van der Waals surface area contributed by atoms with Crippen LogP contribution in [0.15, 0.2) is 83.8 Å². The lowest BCUT2D eigenvalue weighted by atomic mass is 9.76. The summed E-state index contributed by atoms with van der Waals surface area (Å²) < 4.78 is 75.3. The lowest BCUT2D eigenvalue weighted by Gasteiger charge is -2.38. The lowest BCUT2D eigenvalue weighted by Crippen LogP contribution is -2.31. The van der Waals surface area contributed by atoms with Gasteiger partial charge in [0.2, 0.25) is 0 Å². The van der Waals surface area contributed by atoms with Crippen molar-refractivity contribution in [1.82, 2.24) is 0 Å². The zero-order valence-electron chi connectivity index (χ0n) is 18.7. The number of methoxy groups -OCH3 is 1. The second-order valence-electron chi connectivity index (χ2n) is 8.62. The fourth-order valence-corrected chi connectivity index (χ4v) is 6.11. The van der Waals surface area contributed by atoms with Crippen molar-refractivity contribution >= 4 is 21.4 Å². The average Bonchev–Trinajstić information content (AvgIpc) is 3.33. The summed E-state index contributed by atoms with van der Waals surface area (Å²) in [7, 11) is -2.47. The van der Waals surface area contributed by atoms with Gasteiger partial charge in [0, 0.05) is 11.6 Å². The maximum Gasteiger partial charge on any atom is 0.416 e. The van der Waals surface area contributed by atoms with Crippen LogP contribution in [0, 0.1) is 5.92 Å². The van der Waals surface area contributed by atoms with Gasteiger partial charge in [0.15, 0.2) is 0 Å². The summed E-state index contributed by atoms with van der Waals surface area (Å²) in [4.78, 5) is 0.0668. The van der Waals surface area contributed by atoms with E-state index >= 15 is 0 Å². The summed E-state index contributed by atoms with van der Waals surface area (Å²) in [5.74, 6) is 0.00532. The van der Waals surface area contributed by atoms with Crippen LogP contribution in [-0.4, -0.2) is 15.5 Å². The number of para-hydroxylation sites is 2. The van der Waals surface area contributed by atoms with Crippen molar-refractivity contribution in [3.8, 4) is 5.75 Å². The molecule has 3 aromatic rings. The van der Waals surface area contributed by atoms with Gasteiger partial charge in [-0.3, -0.25) is 4.72 Å². The molecule has 1 aliphatic carbocycles. The zero-order chi connectivity index (χ0) is 24.8. The lowest BCUT2D eigenvalue weighted by molar-refractivity contribution is -0.138. The van der Waals surface area contributed by atoms with Gasteiger partial charge >= 0.3 is 6.18 Å². The van der Waals surface area contributed by atoms with Crippen LogP contribution in [-0.2, 0) is 16.2 Å². The van der Waals surface area contributed by atoms with Gasteiger partial charge in [-0.15, -0.1) is 0 Å². The molecule has 0 fully saturated rings. The first-order valence-corrected chi connectivity index (χ1v) is 12.6. The van der Waals surface area contributed by atoms with Gasteiger partial charge in [-0.2, -0.15) is 13.2 Å². The molecule has 3 atom stereocenters. The van der Waals surface area contributed by atoms with Crippen molar-refractivity contribution in [2.24, 2.45) is 5.92 Å². The minimum Gasteiger partial charge on any atom is -0.495 e. The van der Waals surface area contributed by atoms with E-state index in [4.69, 9.17) is 4.74 Å². The molecule has 5 nitrogen and oxygen atoms in total. The summed E-state index contributed by atoms with van der Waals surface area (Å²) in [5.41, 5.74) is 1.21. The van der Waals surface area contributed by atoms with E-state index in [1.54, 1.807) is 42.5 Å². The van der Waals surface area contributed by atoms with Crippen LogP contribution in [0.4, 0.5) is 24.5 Å². The van der Waals surface area contributed by atoms with Gasteiger partial charge in [-0.1, -0.05) is 42.5 Å². The first-order chi connectivity index (χ1) is 16.7. The van der Waals surface area contributed by atoms with E-state index in [0.717, 1.165) is 11.6 Å². The molecule has 9 heteroatoms. The van der Waals surface area contributed by atoms with Crippen molar-refractivity contribution in [3.63, 3.8) is 0 Å². The highest BCUT2D eigenvalue weighted by molar-refractivity contribution is 7.92. The maximum absolute atomic E-state index is 13.7. The third-order valence-electron chi connectivity index (χ3n) is 6.60. The Bertz CT molecular complexity index is 1400. The normalized spacial score (nSPS) is 21.1. The molecule has 2 N–H and O–H groups in total. The van der Waals surface area contributed by atoms with E-state index in [0.29, 0.717) is 23.5 Å². The molecule has 0 aromatic heterocycles. The monoisotopic (exact) mass is 500 g/mol. The van der Waals surface area contributed by atoms with E-state index in [9.17, 15) is 21.6 Å². The molecule has 0 bridgehead atoms. The van der Waals surface area contributed by atoms with Gasteiger partial charge in [-0.05, 0) is 59.9 Å². The van der Waals surface area contributed by atoms with Crippen molar-refractivity contribution in [1.29, 1.82) is 0 Å². The highest BCUT2D eigenvalue weighted by Crippen LogP contribution is 2.51. The number of alkyl halides is 3. The smallest absolute Gasteiger partial charge is 0.416 e. The predicted octanol–water partition coefficient (Wildman–Crippen LogP) is 6.34. The van der Waals surface area contributed by atoms with E-state index < -0.39 is 27.8 Å². The third kappa shape index (κ3) is 4.25. The summed E-state index contributed by atoms with van der Waals surface area (Å²) in [5, 5.41) is 3.27.